The minimum atomic E-state index is -0.507. The summed E-state index contributed by atoms with van der Waals surface area (Å²) in [7, 11) is 0. The van der Waals surface area contributed by atoms with Crippen molar-refractivity contribution < 1.29 is 14.3 Å². The fraction of sp³-hybridized carbons (Fsp3) is 0.143. The lowest BCUT2D eigenvalue weighted by atomic mass is 10.1. The van der Waals surface area contributed by atoms with Gasteiger partial charge in [-0.05, 0) is 36.1 Å². The molecule has 0 spiro atoms. The third-order valence-electron chi connectivity index (χ3n) is 3.89. The number of amides is 1. The molecule has 132 valence electrons. The Hall–Kier alpha value is -2.92. The lowest BCUT2D eigenvalue weighted by molar-refractivity contribution is -0.124. The normalized spacial score (nSPS) is 11.6. The summed E-state index contributed by atoms with van der Waals surface area (Å²) < 4.78 is 5.14. The van der Waals surface area contributed by atoms with Gasteiger partial charge in [-0.15, -0.1) is 11.3 Å². The largest absolute Gasteiger partial charge is 0.452 e. The molecule has 3 rings (SSSR count). The summed E-state index contributed by atoms with van der Waals surface area (Å²) in [5.74, 6) is -0.847. The van der Waals surface area contributed by atoms with Crippen LogP contribution in [0.3, 0.4) is 0 Å². The van der Waals surface area contributed by atoms with Gasteiger partial charge in [0.1, 0.15) is 0 Å². The van der Waals surface area contributed by atoms with Gasteiger partial charge in [0.05, 0.1) is 11.6 Å². The molecule has 0 fully saturated rings. The summed E-state index contributed by atoms with van der Waals surface area (Å²) >= 11 is 1.57. The van der Waals surface area contributed by atoms with E-state index in [9.17, 15) is 9.59 Å². The number of ether oxygens (including phenoxy) is 1. The van der Waals surface area contributed by atoms with Crippen molar-refractivity contribution in [2.24, 2.45) is 0 Å². The molecule has 5 heteroatoms. The smallest absolute Gasteiger partial charge is 0.338 e. The number of hydrogen-bond donors (Lipinski definition) is 1. The second-order valence-electron chi connectivity index (χ2n) is 5.87. The van der Waals surface area contributed by atoms with Gasteiger partial charge in [0, 0.05) is 4.88 Å². The molecule has 0 saturated carbocycles. The van der Waals surface area contributed by atoms with Crippen molar-refractivity contribution in [2.45, 2.75) is 13.0 Å². The van der Waals surface area contributed by atoms with Gasteiger partial charge in [0.15, 0.2) is 6.61 Å². The number of rotatable bonds is 6. The quantitative estimate of drug-likeness (QED) is 0.669. The molecule has 0 unspecified atom stereocenters. The van der Waals surface area contributed by atoms with Gasteiger partial charge < -0.3 is 10.1 Å². The van der Waals surface area contributed by atoms with Crippen molar-refractivity contribution in [3.63, 3.8) is 0 Å². The topological polar surface area (TPSA) is 55.4 Å². The molecule has 26 heavy (non-hydrogen) atoms. The van der Waals surface area contributed by atoms with E-state index in [0.717, 1.165) is 16.0 Å². The molecule has 0 bridgehead atoms. The maximum atomic E-state index is 12.3. The van der Waals surface area contributed by atoms with E-state index in [2.05, 4.69) is 5.32 Å². The number of benzene rings is 2. The first-order valence-electron chi connectivity index (χ1n) is 8.25. The van der Waals surface area contributed by atoms with Crippen LogP contribution in [-0.4, -0.2) is 18.5 Å². The predicted octanol–water partition coefficient (Wildman–Crippen LogP) is 4.12. The highest BCUT2D eigenvalue weighted by atomic mass is 32.1. The molecular weight excluding hydrogens is 346 g/mol. The number of nitrogens with one attached hydrogen (secondary N) is 1. The highest BCUT2D eigenvalue weighted by Gasteiger charge is 2.18. The van der Waals surface area contributed by atoms with Gasteiger partial charge in [0.25, 0.3) is 5.91 Å². The number of hydrogen-bond acceptors (Lipinski definition) is 4. The molecule has 0 aliphatic carbocycles. The third kappa shape index (κ3) is 4.58. The average Bonchev–Trinajstić information content (AvgIpc) is 3.20. The van der Waals surface area contributed by atoms with E-state index in [0.29, 0.717) is 5.56 Å². The molecular formula is C21H19NO3S. The van der Waals surface area contributed by atoms with E-state index in [-0.39, 0.29) is 18.6 Å². The number of thiophene rings is 1. The zero-order valence-electron chi connectivity index (χ0n) is 14.3. The summed E-state index contributed by atoms with van der Waals surface area (Å²) in [6, 6.07) is 20.4. The highest BCUT2D eigenvalue weighted by molar-refractivity contribution is 7.10. The van der Waals surface area contributed by atoms with Crippen LogP contribution in [0.15, 0.2) is 72.1 Å². The fourth-order valence-corrected chi connectivity index (χ4v) is 3.33. The average molecular weight is 365 g/mol. The first-order valence-corrected chi connectivity index (χ1v) is 9.13. The number of aryl methyl sites for hydroxylation is 1. The summed E-state index contributed by atoms with van der Waals surface area (Å²) in [5, 5.41) is 4.91. The number of carbonyl (C=O) groups excluding carboxylic acids is 2. The fourth-order valence-electron chi connectivity index (χ4n) is 2.53. The Morgan fingerprint density at radius 2 is 1.73 bits per heavy atom. The van der Waals surface area contributed by atoms with Gasteiger partial charge in [-0.2, -0.15) is 0 Å². The van der Waals surface area contributed by atoms with E-state index in [1.54, 1.807) is 23.5 Å². The lowest BCUT2D eigenvalue weighted by Gasteiger charge is -2.18. The summed E-state index contributed by atoms with van der Waals surface area (Å²) in [6.07, 6.45) is 0. The molecule has 2 aromatic carbocycles. The Morgan fingerprint density at radius 1 is 1.00 bits per heavy atom. The molecule has 1 aromatic heterocycles. The molecule has 1 amide bonds. The molecule has 1 heterocycles. The molecule has 3 aromatic rings. The van der Waals surface area contributed by atoms with Crippen LogP contribution in [-0.2, 0) is 9.53 Å². The van der Waals surface area contributed by atoms with E-state index >= 15 is 0 Å². The second kappa shape index (κ2) is 8.45. The molecule has 0 aliphatic rings. The van der Waals surface area contributed by atoms with Crippen LogP contribution in [0.25, 0.3) is 0 Å². The first-order chi connectivity index (χ1) is 12.6. The van der Waals surface area contributed by atoms with Crippen molar-refractivity contribution in [1.29, 1.82) is 0 Å². The molecule has 0 aliphatic heterocycles. The van der Waals surface area contributed by atoms with E-state index < -0.39 is 5.97 Å². The van der Waals surface area contributed by atoms with E-state index in [1.165, 1.54) is 0 Å². The van der Waals surface area contributed by atoms with Crippen molar-refractivity contribution in [2.75, 3.05) is 6.61 Å². The standard InChI is InChI=1S/C21H19NO3S/c1-15-9-11-17(12-10-15)21(24)25-14-19(23)22-20(18-8-5-13-26-18)16-6-3-2-4-7-16/h2-13,20H,14H2,1H3,(H,22,23)/t20-/m1/s1. The van der Waals surface area contributed by atoms with Crippen LogP contribution in [0.1, 0.15) is 32.4 Å². The monoisotopic (exact) mass is 365 g/mol. The summed E-state index contributed by atoms with van der Waals surface area (Å²) in [6.45, 7) is 1.62. The number of carbonyl (C=O) groups is 2. The Bertz CT molecular complexity index is 858. The van der Waals surface area contributed by atoms with Gasteiger partial charge in [-0.1, -0.05) is 54.1 Å². The van der Waals surface area contributed by atoms with Crippen LogP contribution in [0.4, 0.5) is 0 Å². The van der Waals surface area contributed by atoms with Crippen LogP contribution in [0.2, 0.25) is 0 Å². The van der Waals surface area contributed by atoms with Crippen LogP contribution in [0, 0.1) is 6.92 Å². The predicted molar refractivity (Wildman–Crippen MR) is 102 cm³/mol. The van der Waals surface area contributed by atoms with Gasteiger partial charge in [-0.25, -0.2) is 4.79 Å². The zero-order chi connectivity index (χ0) is 18.4. The van der Waals surface area contributed by atoms with Gasteiger partial charge in [-0.3, -0.25) is 4.79 Å². The van der Waals surface area contributed by atoms with Crippen molar-refractivity contribution in [3.8, 4) is 0 Å². The SMILES string of the molecule is Cc1ccc(C(=O)OCC(=O)N[C@H](c2ccccc2)c2cccs2)cc1. The Morgan fingerprint density at radius 3 is 2.38 bits per heavy atom. The minimum Gasteiger partial charge on any atom is -0.452 e. The van der Waals surface area contributed by atoms with Crippen molar-refractivity contribution >= 4 is 23.2 Å². The lowest BCUT2D eigenvalue weighted by Crippen LogP contribution is -2.32. The van der Waals surface area contributed by atoms with E-state index in [4.69, 9.17) is 4.74 Å². The number of esters is 1. The molecule has 0 saturated heterocycles. The Kier molecular flexibility index (Phi) is 5.81. The maximum absolute atomic E-state index is 12.3. The molecule has 4 nitrogen and oxygen atoms in total. The highest BCUT2D eigenvalue weighted by Crippen LogP contribution is 2.25. The van der Waals surface area contributed by atoms with Crippen molar-refractivity contribution in [3.05, 3.63) is 93.7 Å². The second-order valence-corrected chi connectivity index (χ2v) is 6.85. The summed E-state index contributed by atoms with van der Waals surface area (Å²) in [4.78, 5) is 25.4. The molecule has 0 radical (unpaired) electrons. The van der Waals surface area contributed by atoms with Crippen LogP contribution < -0.4 is 5.32 Å². The van der Waals surface area contributed by atoms with E-state index in [1.807, 2.05) is 66.9 Å². The van der Waals surface area contributed by atoms with Crippen LogP contribution >= 0.6 is 11.3 Å². The summed E-state index contributed by atoms with van der Waals surface area (Å²) in [5.41, 5.74) is 2.47. The molecule has 1 atom stereocenters. The first kappa shape index (κ1) is 17.9. The van der Waals surface area contributed by atoms with Crippen molar-refractivity contribution in [1.82, 2.24) is 5.32 Å². The zero-order valence-corrected chi connectivity index (χ0v) is 15.2. The Labute approximate surface area is 156 Å². The minimum absolute atomic E-state index is 0.262. The molecule has 1 N–H and O–H groups in total. The van der Waals surface area contributed by atoms with Gasteiger partial charge >= 0.3 is 5.97 Å². The maximum Gasteiger partial charge on any atom is 0.338 e. The third-order valence-corrected chi connectivity index (χ3v) is 4.82. The Balaban J connectivity index is 1.63. The van der Waals surface area contributed by atoms with Crippen LogP contribution in [0.5, 0.6) is 0 Å². The van der Waals surface area contributed by atoms with Gasteiger partial charge in [0.2, 0.25) is 0 Å².